The van der Waals surface area contributed by atoms with Crippen LogP contribution < -0.4 is 10.6 Å². The molecule has 0 spiro atoms. The fraction of sp³-hybridized carbons (Fsp3) is 0.370. The summed E-state index contributed by atoms with van der Waals surface area (Å²) in [7, 11) is 1.65. The summed E-state index contributed by atoms with van der Waals surface area (Å²) >= 11 is 1.74. The number of amides is 2. The van der Waals surface area contributed by atoms with E-state index in [1.165, 1.54) is 5.56 Å². The van der Waals surface area contributed by atoms with Gasteiger partial charge < -0.3 is 15.5 Å². The minimum atomic E-state index is -0.194. The van der Waals surface area contributed by atoms with Crippen molar-refractivity contribution >= 4 is 34.4 Å². The van der Waals surface area contributed by atoms with Crippen molar-refractivity contribution in [1.29, 1.82) is 0 Å². The van der Waals surface area contributed by atoms with E-state index in [1.807, 2.05) is 55.5 Å². The summed E-state index contributed by atoms with van der Waals surface area (Å²) in [5, 5.41) is 6.74. The van der Waals surface area contributed by atoms with Crippen LogP contribution in [0.15, 0.2) is 64.8 Å². The predicted octanol–water partition coefficient (Wildman–Crippen LogP) is 5.15. The number of nitrogens with one attached hydrogen (secondary N) is 2. The molecule has 2 aliphatic heterocycles. The minimum absolute atomic E-state index is 0.111. The molecule has 0 saturated carbocycles. The van der Waals surface area contributed by atoms with Crippen LogP contribution in [0, 0.1) is 0 Å². The number of benzene rings is 2. The Hall–Kier alpha value is -3.06. The first-order valence-electron chi connectivity index (χ1n) is 11.9. The second-order valence-corrected chi connectivity index (χ2v) is 9.71. The Morgan fingerprint density at radius 3 is 2.50 bits per heavy atom. The second-order valence-electron chi connectivity index (χ2n) is 8.65. The quantitative estimate of drug-likeness (QED) is 0.580. The molecule has 6 nitrogen and oxygen atoms in total. The molecule has 2 heterocycles. The molecule has 0 radical (unpaired) electrons. The summed E-state index contributed by atoms with van der Waals surface area (Å²) in [5.74, 6) is 0.798. The number of aryl methyl sites for hydroxylation is 1. The zero-order valence-corrected chi connectivity index (χ0v) is 20.9. The Bertz CT molecular complexity index is 1110. The number of amidine groups is 1. The number of hydrogen-bond donors (Lipinski definition) is 2. The Morgan fingerprint density at radius 2 is 1.82 bits per heavy atom. The van der Waals surface area contributed by atoms with E-state index in [-0.39, 0.29) is 17.9 Å². The van der Waals surface area contributed by atoms with Gasteiger partial charge in [-0.15, -0.1) is 0 Å². The zero-order chi connectivity index (χ0) is 24.1. The van der Waals surface area contributed by atoms with Gasteiger partial charge in [0.15, 0.2) is 5.17 Å². The van der Waals surface area contributed by atoms with E-state index < -0.39 is 0 Å². The molecular formula is C27H32N4O2S. The summed E-state index contributed by atoms with van der Waals surface area (Å²) in [5.41, 5.74) is 5.06. The number of anilines is 1. The highest BCUT2D eigenvalue weighted by Gasteiger charge is 2.36. The number of fused-ring (bicyclic) bond motifs is 1. The number of carbonyl (C=O) groups is 2. The lowest BCUT2D eigenvalue weighted by molar-refractivity contribution is -0.117. The van der Waals surface area contributed by atoms with Gasteiger partial charge in [-0.1, -0.05) is 49.4 Å². The number of thioether (sulfide) groups is 1. The third-order valence-electron chi connectivity index (χ3n) is 6.25. The molecule has 0 bridgehead atoms. The molecule has 34 heavy (non-hydrogen) atoms. The van der Waals surface area contributed by atoms with Crippen LogP contribution in [0.4, 0.5) is 5.69 Å². The average molecular weight is 477 g/mol. The fourth-order valence-corrected chi connectivity index (χ4v) is 5.42. The lowest BCUT2D eigenvalue weighted by atomic mass is 9.93. The van der Waals surface area contributed by atoms with Gasteiger partial charge in [0, 0.05) is 30.6 Å². The van der Waals surface area contributed by atoms with Crippen LogP contribution in [0.1, 0.15) is 60.6 Å². The zero-order valence-electron chi connectivity index (χ0n) is 20.1. The van der Waals surface area contributed by atoms with Crippen molar-refractivity contribution < 1.29 is 9.59 Å². The van der Waals surface area contributed by atoms with Crippen molar-refractivity contribution in [2.45, 2.75) is 45.6 Å². The number of unbranched alkanes of at least 4 members (excludes halogenated alkanes) is 1. The topological polar surface area (TPSA) is 73.8 Å². The number of rotatable bonds is 7. The molecule has 2 amide bonds. The van der Waals surface area contributed by atoms with Crippen molar-refractivity contribution in [2.75, 3.05) is 24.7 Å². The molecule has 1 saturated heterocycles. The van der Waals surface area contributed by atoms with Crippen LogP contribution >= 0.6 is 11.8 Å². The van der Waals surface area contributed by atoms with E-state index >= 15 is 0 Å². The van der Waals surface area contributed by atoms with Crippen molar-refractivity contribution in [1.82, 2.24) is 10.2 Å². The van der Waals surface area contributed by atoms with Crippen molar-refractivity contribution in [3.63, 3.8) is 0 Å². The Morgan fingerprint density at radius 1 is 1.09 bits per heavy atom. The molecule has 1 unspecified atom stereocenters. The minimum Gasteiger partial charge on any atom is -0.355 e. The molecule has 2 N–H and O–H groups in total. The number of hydrogen-bond acceptors (Lipinski definition) is 5. The molecular weight excluding hydrogens is 444 g/mol. The SMILES string of the molecule is CCCCc1ccc(C(=O)Nc2ccc(C3C(C(=O)NC)=C(C)N=C4SCCCN43)cc2)cc1. The first kappa shape index (κ1) is 24.1. The van der Waals surface area contributed by atoms with Crippen LogP contribution in [-0.4, -0.2) is 41.2 Å². The summed E-state index contributed by atoms with van der Waals surface area (Å²) in [6.07, 6.45) is 4.39. The van der Waals surface area contributed by atoms with Gasteiger partial charge in [0.1, 0.15) is 0 Å². The highest BCUT2D eigenvalue weighted by atomic mass is 32.2. The molecule has 4 rings (SSSR count). The highest BCUT2D eigenvalue weighted by molar-refractivity contribution is 8.13. The van der Waals surface area contributed by atoms with Gasteiger partial charge in [-0.05, 0) is 61.6 Å². The fourth-order valence-electron chi connectivity index (χ4n) is 4.40. The van der Waals surface area contributed by atoms with E-state index in [0.29, 0.717) is 11.1 Å². The number of carbonyl (C=O) groups excluding carboxylic acids is 2. The average Bonchev–Trinajstić information content (AvgIpc) is 2.87. The predicted molar refractivity (Wildman–Crippen MR) is 140 cm³/mol. The molecule has 178 valence electrons. The van der Waals surface area contributed by atoms with Gasteiger partial charge in [0.25, 0.3) is 11.8 Å². The third-order valence-corrected chi connectivity index (χ3v) is 7.33. The Kier molecular flexibility index (Phi) is 7.73. The van der Waals surface area contributed by atoms with Crippen LogP contribution in [0.2, 0.25) is 0 Å². The van der Waals surface area contributed by atoms with E-state index in [0.717, 1.165) is 60.1 Å². The summed E-state index contributed by atoms with van der Waals surface area (Å²) < 4.78 is 0. The van der Waals surface area contributed by atoms with E-state index in [4.69, 9.17) is 4.99 Å². The largest absolute Gasteiger partial charge is 0.355 e. The second kappa shape index (κ2) is 10.9. The number of nitrogens with zero attached hydrogens (tertiary/aromatic N) is 2. The lowest BCUT2D eigenvalue weighted by Gasteiger charge is -2.40. The highest BCUT2D eigenvalue weighted by Crippen LogP contribution is 2.39. The number of likely N-dealkylation sites (N-methyl/N-ethyl adjacent to an activating group) is 1. The molecule has 7 heteroatoms. The summed E-state index contributed by atoms with van der Waals surface area (Å²) in [6, 6.07) is 15.4. The summed E-state index contributed by atoms with van der Waals surface area (Å²) in [6.45, 7) is 4.94. The lowest BCUT2D eigenvalue weighted by Crippen LogP contribution is -2.43. The molecule has 0 aliphatic carbocycles. The van der Waals surface area contributed by atoms with Gasteiger partial charge in [0.05, 0.1) is 17.3 Å². The van der Waals surface area contributed by atoms with Crippen molar-refractivity contribution in [3.05, 3.63) is 76.5 Å². The van der Waals surface area contributed by atoms with E-state index in [9.17, 15) is 9.59 Å². The number of allylic oxidation sites excluding steroid dienone is 1. The normalized spacial score (nSPS) is 17.7. The van der Waals surface area contributed by atoms with Gasteiger partial charge in [0.2, 0.25) is 0 Å². The Balaban J connectivity index is 1.52. The maximum absolute atomic E-state index is 12.8. The first-order valence-corrected chi connectivity index (χ1v) is 12.9. The molecule has 1 fully saturated rings. The van der Waals surface area contributed by atoms with Crippen LogP contribution in [0.5, 0.6) is 0 Å². The molecule has 2 aliphatic rings. The van der Waals surface area contributed by atoms with Crippen LogP contribution in [0.25, 0.3) is 0 Å². The van der Waals surface area contributed by atoms with Gasteiger partial charge in [-0.2, -0.15) is 0 Å². The van der Waals surface area contributed by atoms with Crippen molar-refractivity contribution in [2.24, 2.45) is 4.99 Å². The first-order chi connectivity index (χ1) is 16.5. The Labute approximate surface area is 205 Å². The molecule has 2 aromatic carbocycles. The smallest absolute Gasteiger partial charge is 0.255 e. The van der Waals surface area contributed by atoms with E-state index in [1.54, 1.807) is 18.8 Å². The van der Waals surface area contributed by atoms with Gasteiger partial charge >= 0.3 is 0 Å². The standard InChI is InChI=1S/C27H32N4O2S/c1-4-5-7-19-8-10-21(11-9-19)25(32)30-22-14-12-20(13-15-22)24-23(26(33)28-3)18(2)29-27-31(24)16-6-17-34-27/h8-15,24H,4-7,16-17H2,1-3H3,(H,28,33)(H,30,32). The van der Waals surface area contributed by atoms with Crippen LogP contribution in [0.3, 0.4) is 0 Å². The molecule has 1 atom stereocenters. The maximum atomic E-state index is 12.8. The summed E-state index contributed by atoms with van der Waals surface area (Å²) in [4.78, 5) is 32.4. The molecule has 0 aromatic heterocycles. The van der Waals surface area contributed by atoms with Crippen molar-refractivity contribution in [3.8, 4) is 0 Å². The maximum Gasteiger partial charge on any atom is 0.255 e. The van der Waals surface area contributed by atoms with Crippen LogP contribution in [-0.2, 0) is 11.2 Å². The van der Waals surface area contributed by atoms with E-state index in [2.05, 4.69) is 22.5 Å². The number of aliphatic imine (C=N–C) groups is 1. The third kappa shape index (κ3) is 5.20. The molecule has 2 aromatic rings. The van der Waals surface area contributed by atoms with Gasteiger partial charge in [-0.25, -0.2) is 4.99 Å². The van der Waals surface area contributed by atoms with Gasteiger partial charge in [-0.3, -0.25) is 9.59 Å². The monoisotopic (exact) mass is 476 g/mol.